The van der Waals surface area contributed by atoms with Crippen LogP contribution in [0.25, 0.3) is 0 Å². The third-order valence-electron chi connectivity index (χ3n) is 14.9. The molecule has 0 aromatic heterocycles. The van der Waals surface area contributed by atoms with Gasteiger partial charge in [0.15, 0.2) is 12.2 Å². The number of rotatable bonds is 67. The van der Waals surface area contributed by atoms with Crippen molar-refractivity contribution >= 4 is 39.5 Å². The molecule has 0 saturated heterocycles. The zero-order valence-corrected chi connectivity index (χ0v) is 59.5. The van der Waals surface area contributed by atoms with Gasteiger partial charge in [-0.15, -0.1) is 0 Å². The first-order chi connectivity index (χ1) is 44.7. The minimum absolute atomic E-state index is 0.0665. The van der Waals surface area contributed by atoms with Crippen molar-refractivity contribution in [3.63, 3.8) is 0 Å². The minimum Gasteiger partial charge on any atom is -0.462 e. The molecule has 0 spiro atoms. The van der Waals surface area contributed by atoms with Gasteiger partial charge in [0.2, 0.25) is 0 Å². The zero-order valence-electron chi connectivity index (χ0n) is 57.7. The summed E-state index contributed by atoms with van der Waals surface area (Å²) < 4.78 is 68.1. The topological polar surface area (TPSA) is 237 Å². The molecule has 17 nitrogen and oxygen atoms in total. The molecule has 0 fully saturated rings. The number of carbonyl (C=O) groups excluding carboxylic acids is 4. The highest BCUT2D eigenvalue weighted by Crippen LogP contribution is 2.45. The van der Waals surface area contributed by atoms with Crippen LogP contribution >= 0.6 is 15.6 Å². The lowest BCUT2D eigenvalue weighted by atomic mass is 10.1. The Hall–Kier alpha value is -3.76. The first kappa shape index (κ1) is 88.2. The van der Waals surface area contributed by atoms with Crippen LogP contribution in [0.4, 0.5) is 0 Å². The van der Waals surface area contributed by atoms with Gasteiger partial charge in [-0.25, -0.2) is 9.13 Å². The third-order valence-corrected chi connectivity index (χ3v) is 16.8. The predicted molar refractivity (Wildman–Crippen MR) is 372 cm³/mol. The summed E-state index contributed by atoms with van der Waals surface area (Å²) in [6.07, 6.45) is 64.8. The third kappa shape index (κ3) is 64.9. The van der Waals surface area contributed by atoms with Crippen LogP contribution in [0.3, 0.4) is 0 Å². The Bertz CT molecular complexity index is 2090. The van der Waals surface area contributed by atoms with Crippen LogP contribution in [0.15, 0.2) is 85.1 Å². The van der Waals surface area contributed by atoms with Crippen LogP contribution in [-0.2, 0) is 65.4 Å². The Morgan fingerprint density at radius 2 is 0.609 bits per heavy atom. The maximum absolute atomic E-state index is 13.0. The second-order valence-electron chi connectivity index (χ2n) is 23.8. The Morgan fingerprint density at radius 1 is 0.326 bits per heavy atom. The van der Waals surface area contributed by atoms with Crippen LogP contribution in [0, 0.1) is 0 Å². The van der Waals surface area contributed by atoms with E-state index in [1.165, 1.54) is 89.9 Å². The average Bonchev–Trinajstić information content (AvgIpc) is 2.73. The monoisotopic (exact) mass is 1340 g/mol. The highest BCUT2D eigenvalue weighted by Gasteiger charge is 2.30. The highest BCUT2D eigenvalue weighted by molar-refractivity contribution is 7.47. The number of unbranched alkanes of at least 4 members (excludes halogenated alkanes) is 28. The number of hydrogen-bond acceptors (Lipinski definition) is 15. The van der Waals surface area contributed by atoms with Crippen LogP contribution in [0.2, 0.25) is 0 Å². The summed E-state index contributed by atoms with van der Waals surface area (Å²) in [7, 11) is -9.95. The molecule has 0 aromatic rings. The summed E-state index contributed by atoms with van der Waals surface area (Å²) in [5, 5.41) is 10.6. The van der Waals surface area contributed by atoms with Crippen molar-refractivity contribution < 1.29 is 80.2 Å². The van der Waals surface area contributed by atoms with Gasteiger partial charge in [-0.05, 0) is 103 Å². The summed E-state index contributed by atoms with van der Waals surface area (Å²) in [4.78, 5) is 72.5. The molecule has 0 radical (unpaired) electrons. The van der Waals surface area contributed by atoms with Crippen LogP contribution < -0.4 is 0 Å². The molecule has 0 amide bonds. The Balaban J connectivity index is 5.38. The quantitative estimate of drug-likeness (QED) is 0.0169. The van der Waals surface area contributed by atoms with Crippen molar-refractivity contribution in [1.82, 2.24) is 0 Å². The van der Waals surface area contributed by atoms with Crippen molar-refractivity contribution in [3.8, 4) is 0 Å². The maximum atomic E-state index is 13.0. The van der Waals surface area contributed by atoms with E-state index in [4.69, 9.17) is 37.0 Å². The van der Waals surface area contributed by atoms with E-state index in [-0.39, 0.29) is 25.7 Å². The SMILES string of the molecule is CC/C=C\C/C=C\C/C=C\C/C=C\C/C=C\CC(=O)OCC(COP(=O)(O)OCC(O)COP(=O)(O)OCC(COC(=O)CCCCCCC/C=C\CCCCCC)OC(=O)CCCCCCCCCCCCC)OC(=O)CCCCCCC/C=C\CCCCCC. The van der Waals surface area contributed by atoms with E-state index in [9.17, 15) is 43.2 Å². The van der Waals surface area contributed by atoms with E-state index in [2.05, 4.69) is 88.5 Å². The van der Waals surface area contributed by atoms with Gasteiger partial charge in [0.05, 0.1) is 32.8 Å². The molecular weight excluding hydrogens is 1210 g/mol. The first-order valence-electron chi connectivity index (χ1n) is 35.8. The average molecular weight is 1340 g/mol. The minimum atomic E-state index is -4.99. The molecule has 0 rings (SSSR count). The lowest BCUT2D eigenvalue weighted by Gasteiger charge is -2.21. The van der Waals surface area contributed by atoms with E-state index < -0.39 is 97.5 Å². The number of aliphatic hydroxyl groups is 1. The van der Waals surface area contributed by atoms with Crippen LogP contribution in [-0.4, -0.2) is 96.7 Å². The van der Waals surface area contributed by atoms with Gasteiger partial charge in [-0.2, -0.15) is 0 Å². The van der Waals surface area contributed by atoms with Gasteiger partial charge in [-0.3, -0.25) is 37.3 Å². The fourth-order valence-corrected chi connectivity index (χ4v) is 11.0. The molecule has 0 aliphatic rings. The normalized spacial score (nSPS) is 14.6. The molecule has 5 unspecified atom stereocenters. The van der Waals surface area contributed by atoms with Crippen molar-refractivity contribution in [2.45, 2.75) is 316 Å². The first-order valence-corrected chi connectivity index (χ1v) is 38.8. The molecule has 0 bridgehead atoms. The zero-order chi connectivity index (χ0) is 67.5. The van der Waals surface area contributed by atoms with Crippen molar-refractivity contribution in [2.24, 2.45) is 0 Å². The largest absolute Gasteiger partial charge is 0.472 e. The number of phosphoric acid groups is 2. The van der Waals surface area contributed by atoms with E-state index in [0.29, 0.717) is 25.7 Å². The number of esters is 4. The van der Waals surface area contributed by atoms with Gasteiger partial charge in [0.25, 0.3) is 0 Å². The standard InChI is InChI=1S/C73H128O17P2/c1-5-9-13-17-21-25-29-32-33-36-39-42-46-50-54-58-71(76)84-64-69(90-73(78)60-56-52-48-44-40-35-31-27-23-19-15-11-7-3)66-88-92(81,82)86-62-67(74)61-85-91(79,80)87-65-68(89-72(77)59-55-51-47-43-37-28-24-20-16-12-8-4)63-83-70(75)57-53-49-45-41-38-34-30-26-22-18-14-10-6-2/h9,13,21,25-27,30-33,39,42,50,54,67-69,74H,5-8,10-12,14-20,22-24,28-29,34-38,40-41,43-49,51-53,55-66H2,1-4H3,(H,79,80)(H,81,82)/b13-9-,25-21-,30-26-,31-27-,33-32-,42-39-,54-50-. The lowest BCUT2D eigenvalue weighted by Crippen LogP contribution is -2.30. The molecule has 19 heteroatoms. The smallest absolute Gasteiger partial charge is 0.462 e. The molecule has 3 N–H and O–H groups in total. The molecule has 532 valence electrons. The number of allylic oxidation sites excluding steroid dienone is 13. The predicted octanol–water partition coefficient (Wildman–Crippen LogP) is 19.9. The number of phosphoric ester groups is 2. The van der Waals surface area contributed by atoms with E-state index in [1.807, 2.05) is 18.2 Å². The van der Waals surface area contributed by atoms with E-state index in [0.717, 1.165) is 128 Å². The summed E-state index contributed by atoms with van der Waals surface area (Å²) >= 11 is 0. The number of hydrogen-bond donors (Lipinski definition) is 3. The van der Waals surface area contributed by atoms with Crippen LogP contribution in [0.5, 0.6) is 0 Å². The molecular formula is C73H128O17P2. The number of ether oxygens (including phenoxy) is 4. The van der Waals surface area contributed by atoms with Gasteiger partial charge < -0.3 is 33.8 Å². The Morgan fingerprint density at radius 3 is 0.967 bits per heavy atom. The molecule has 0 aliphatic carbocycles. The molecule has 0 aromatic carbocycles. The van der Waals surface area contributed by atoms with E-state index >= 15 is 0 Å². The second kappa shape index (κ2) is 65.9. The number of carbonyl (C=O) groups is 4. The second-order valence-corrected chi connectivity index (χ2v) is 26.7. The van der Waals surface area contributed by atoms with Gasteiger partial charge in [0, 0.05) is 19.3 Å². The summed E-state index contributed by atoms with van der Waals surface area (Å²) in [6.45, 7) is 4.59. The Kier molecular flexibility index (Phi) is 63.2. The van der Waals surface area contributed by atoms with Crippen molar-refractivity contribution in [2.75, 3.05) is 39.6 Å². The van der Waals surface area contributed by atoms with Crippen molar-refractivity contribution in [3.05, 3.63) is 85.1 Å². The van der Waals surface area contributed by atoms with Gasteiger partial charge in [-0.1, -0.05) is 254 Å². The molecule has 0 heterocycles. The Labute approximate surface area is 557 Å². The number of aliphatic hydroxyl groups excluding tert-OH is 1. The fraction of sp³-hybridized carbons (Fsp3) is 0.753. The maximum Gasteiger partial charge on any atom is 0.472 e. The fourth-order valence-electron chi connectivity index (χ4n) is 9.40. The summed E-state index contributed by atoms with van der Waals surface area (Å²) in [6, 6.07) is 0. The van der Waals surface area contributed by atoms with Gasteiger partial charge >= 0.3 is 39.5 Å². The highest BCUT2D eigenvalue weighted by atomic mass is 31.2. The van der Waals surface area contributed by atoms with Crippen molar-refractivity contribution in [1.29, 1.82) is 0 Å². The van der Waals surface area contributed by atoms with Gasteiger partial charge in [0.1, 0.15) is 19.3 Å². The summed E-state index contributed by atoms with van der Waals surface area (Å²) in [5.74, 6) is -2.33. The van der Waals surface area contributed by atoms with E-state index in [1.54, 1.807) is 6.08 Å². The molecule has 92 heavy (non-hydrogen) atoms. The summed E-state index contributed by atoms with van der Waals surface area (Å²) in [5.41, 5.74) is 0. The van der Waals surface area contributed by atoms with Crippen LogP contribution in [0.1, 0.15) is 297 Å². The molecule has 0 aliphatic heterocycles. The lowest BCUT2D eigenvalue weighted by molar-refractivity contribution is -0.161. The molecule has 5 atom stereocenters. The molecule has 0 saturated carbocycles.